The van der Waals surface area contributed by atoms with Crippen LogP contribution in [0.15, 0.2) is 22.7 Å². The van der Waals surface area contributed by atoms with Gasteiger partial charge in [-0.1, -0.05) is 0 Å². The molecule has 0 aliphatic heterocycles. The fourth-order valence-corrected chi connectivity index (χ4v) is 3.08. The van der Waals surface area contributed by atoms with E-state index in [-0.39, 0.29) is 22.6 Å². The van der Waals surface area contributed by atoms with Gasteiger partial charge in [-0.3, -0.25) is 0 Å². The van der Waals surface area contributed by atoms with Crippen molar-refractivity contribution in [2.75, 3.05) is 7.11 Å². The zero-order valence-corrected chi connectivity index (χ0v) is 13.2. The molecule has 0 bridgehead atoms. The third-order valence-electron chi connectivity index (χ3n) is 3.39. The zero-order chi connectivity index (χ0) is 17.1. The lowest BCUT2D eigenvalue weighted by Gasteiger charge is -2.07. The van der Waals surface area contributed by atoms with E-state index in [0.717, 1.165) is 6.07 Å². The predicted molar refractivity (Wildman–Crippen MR) is 80.2 cm³/mol. The molecule has 0 aliphatic carbocycles. The van der Waals surface area contributed by atoms with Crippen molar-refractivity contribution in [1.29, 1.82) is 0 Å². The molecule has 0 saturated carbocycles. The largest absolute Gasteiger partial charge is 0.472 e. The number of imidazole rings is 1. The van der Waals surface area contributed by atoms with Crippen LogP contribution in [0.2, 0.25) is 0 Å². The molecule has 4 rings (SSSR count). The molecule has 0 atom stereocenters. The molecule has 0 aromatic carbocycles. The summed E-state index contributed by atoms with van der Waals surface area (Å²) in [5.74, 6) is 0.199. The minimum Gasteiger partial charge on any atom is -0.472 e. The average Bonchev–Trinajstić information content (AvgIpc) is 3.15. The number of furan rings is 1. The van der Waals surface area contributed by atoms with Crippen molar-refractivity contribution in [2.24, 2.45) is 0 Å². The topological polar surface area (TPSA) is 65.5 Å². The highest BCUT2D eigenvalue weighted by Gasteiger charge is 2.34. The second-order valence-electron chi connectivity index (χ2n) is 5.06. The van der Waals surface area contributed by atoms with Crippen LogP contribution in [-0.2, 0) is 6.18 Å². The number of fused-ring (bicyclic) bond motifs is 2. The molecule has 124 valence electrons. The van der Waals surface area contributed by atoms with E-state index in [0.29, 0.717) is 15.8 Å². The van der Waals surface area contributed by atoms with Crippen LogP contribution >= 0.6 is 11.3 Å². The van der Waals surface area contributed by atoms with Crippen molar-refractivity contribution in [3.8, 4) is 16.6 Å². The lowest BCUT2D eigenvalue weighted by Crippen LogP contribution is -2.06. The molecule has 10 heteroatoms. The second-order valence-corrected chi connectivity index (χ2v) is 5.98. The molecule has 6 nitrogen and oxygen atoms in total. The number of aromatic nitrogens is 4. The standard InChI is InChI=1S/C14H9F3N4O2S/c1-6-3-8(14(15,16)17)7-4-10(23-11(7)18-6)9-5-21-12(19-9)24-13(20-21)22-2/h3-5H,1-2H3. The van der Waals surface area contributed by atoms with Crippen LogP contribution in [-0.4, -0.2) is 26.7 Å². The summed E-state index contributed by atoms with van der Waals surface area (Å²) >= 11 is 1.21. The summed E-state index contributed by atoms with van der Waals surface area (Å²) in [6, 6.07) is 2.30. The van der Waals surface area contributed by atoms with Gasteiger partial charge in [0.2, 0.25) is 10.7 Å². The highest BCUT2D eigenvalue weighted by Crippen LogP contribution is 2.38. The number of ether oxygens (including phenoxy) is 1. The Morgan fingerprint density at radius 2 is 2.04 bits per heavy atom. The number of hydrogen-bond acceptors (Lipinski definition) is 6. The average molecular weight is 354 g/mol. The van der Waals surface area contributed by atoms with E-state index < -0.39 is 11.7 Å². The first-order valence-corrected chi connectivity index (χ1v) is 7.56. The van der Waals surface area contributed by atoms with Gasteiger partial charge >= 0.3 is 6.18 Å². The summed E-state index contributed by atoms with van der Waals surface area (Å²) in [6.45, 7) is 1.49. The van der Waals surface area contributed by atoms with Crippen molar-refractivity contribution in [3.63, 3.8) is 0 Å². The van der Waals surface area contributed by atoms with Gasteiger partial charge in [0, 0.05) is 5.69 Å². The number of nitrogens with zero attached hydrogens (tertiary/aromatic N) is 4. The summed E-state index contributed by atoms with van der Waals surface area (Å²) < 4.78 is 51.6. The number of rotatable bonds is 2. The molecule has 0 amide bonds. The molecule has 0 aliphatic rings. The fourth-order valence-electron chi connectivity index (χ4n) is 2.38. The Morgan fingerprint density at radius 3 is 2.71 bits per heavy atom. The first-order valence-electron chi connectivity index (χ1n) is 6.74. The van der Waals surface area contributed by atoms with Gasteiger partial charge in [0.15, 0.2) is 5.76 Å². The smallest absolute Gasteiger partial charge is 0.417 e. The van der Waals surface area contributed by atoms with E-state index in [2.05, 4.69) is 15.1 Å². The Bertz CT molecular complexity index is 1030. The van der Waals surface area contributed by atoms with Gasteiger partial charge in [0.25, 0.3) is 5.19 Å². The first-order chi connectivity index (χ1) is 11.3. The Morgan fingerprint density at radius 1 is 1.25 bits per heavy atom. The Kier molecular flexibility index (Phi) is 3.07. The van der Waals surface area contributed by atoms with Crippen LogP contribution in [0, 0.1) is 6.92 Å². The first kappa shape index (κ1) is 14.9. The number of pyridine rings is 1. The van der Waals surface area contributed by atoms with Crippen LogP contribution in [0.3, 0.4) is 0 Å². The van der Waals surface area contributed by atoms with Crippen LogP contribution < -0.4 is 4.74 Å². The Labute approximate surface area is 136 Å². The summed E-state index contributed by atoms with van der Waals surface area (Å²) in [6.07, 6.45) is -2.93. The molecule has 24 heavy (non-hydrogen) atoms. The van der Waals surface area contributed by atoms with Gasteiger partial charge in [-0.25, -0.2) is 14.5 Å². The maximum absolute atomic E-state index is 13.2. The number of hydrogen-bond donors (Lipinski definition) is 0. The Hall–Kier alpha value is -2.62. The molecule has 0 unspecified atom stereocenters. The summed E-state index contributed by atoms with van der Waals surface area (Å²) in [4.78, 5) is 8.87. The Balaban J connectivity index is 1.88. The monoisotopic (exact) mass is 354 g/mol. The summed E-state index contributed by atoms with van der Waals surface area (Å²) in [5, 5.41) is 4.46. The number of methoxy groups -OCH3 is 1. The molecule has 4 heterocycles. The van der Waals surface area contributed by atoms with E-state index in [4.69, 9.17) is 9.15 Å². The summed E-state index contributed by atoms with van der Waals surface area (Å²) in [7, 11) is 1.49. The zero-order valence-electron chi connectivity index (χ0n) is 12.4. The third kappa shape index (κ3) is 2.30. The highest BCUT2D eigenvalue weighted by atomic mass is 32.1. The fraction of sp³-hybridized carbons (Fsp3) is 0.214. The van der Waals surface area contributed by atoms with Crippen LogP contribution in [0.5, 0.6) is 5.19 Å². The minimum absolute atomic E-state index is 0.0702. The van der Waals surface area contributed by atoms with Crippen LogP contribution in [0.1, 0.15) is 11.3 Å². The van der Waals surface area contributed by atoms with Crippen molar-refractivity contribution in [3.05, 3.63) is 29.6 Å². The highest BCUT2D eigenvalue weighted by molar-refractivity contribution is 7.18. The van der Waals surface area contributed by atoms with Gasteiger partial charge in [-0.2, -0.15) is 13.2 Å². The minimum atomic E-state index is -4.49. The number of alkyl halides is 3. The number of aryl methyl sites for hydroxylation is 1. The lowest BCUT2D eigenvalue weighted by atomic mass is 10.1. The van der Waals surface area contributed by atoms with E-state index in [9.17, 15) is 13.2 Å². The molecule has 0 N–H and O–H groups in total. The summed E-state index contributed by atoms with van der Waals surface area (Å²) in [5.41, 5.74) is -0.242. The van der Waals surface area contributed by atoms with Crippen LogP contribution in [0.25, 0.3) is 27.5 Å². The van der Waals surface area contributed by atoms with Gasteiger partial charge < -0.3 is 9.15 Å². The van der Waals surface area contributed by atoms with E-state index >= 15 is 0 Å². The van der Waals surface area contributed by atoms with Gasteiger partial charge in [-0.15, -0.1) is 5.10 Å². The lowest BCUT2D eigenvalue weighted by molar-refractivity contribution is -0.136. The number of halogens is 3. The van der Waals surface area contributed by atoms with Crippen LogP contribution in [0.4, 0.5) is 13.2 Å². The van der Waals surface area contributed by atoms with E-state index in [1.165, 1.54) is 36.0 Å². The van der Waals surface area contributed by atoms with Crippen molar-refractivity contribution in [1.82, 2.24) is 19.6 Å². The van der Waals surface area contributed by atoms with E-state index in [1.807, 2.05) is 0 Å². The maximum atomic E-state index is 13.2. The molecular formula is C14H9F3N4O2S. The molecular weight excluding hydrogens is 345 g/mol. The molecule has 4 aromatic heterocycles. The van der Waals surface area contributed by atoms with Gasteiger partial charge in [0.05, 0.1) is 24.3 Å². The third-order valence-corrected chi connectivity index (χ3v) is 4.27. The van der Waals surface area contributed by atoms with E-state index in [1.54, 1.807) is 6.20 Å². The molecule has 0 saturated heterocycles. The van der Waals surface area contributed by atoms with Crippen molar-refractivity contribution in [2.45, 2.75) is 13.1 Å². The van der Waals surface area contributed by atoms with Gasteiger partial charge in [-0.05, 0) is 30.4 Å². The van der Waals surface area contributed by atoms with Crippen molar-refractivity contribution < 1.29 is 22.3 Å². The molecule has 0 spiro atoms. The van der Waals surface area contributed by atoms with Gasteiger partial charge in [0.1, 0.15) is 5.69 Å². The molecule has 0 fully saturated rings. The van der Waals surface area contributed by atoms with Crippen molar-refractivity contribution >= 4 is 27.4 Å². The molecule has 4 aromatic rings. The quantitative estimate of drug-likeness (QED) is 0.546. The second kappa shape index (κ2) is 4.94. The maximum Gasteiger partial charge on any atom is 0.417 e. The normalized spacial score (nSPS) is 12.4. The molecule has 0 radical (unpaired) electrons. The predicted octanol–water partition coefficient (Wildman–Crippen LogP) is 3.93. The SMILES string of the molecule is COc1nn2cc(-c3cc4c(C(F)(F)F)cc(C)nc4o3)nc2s1.